The zero-order valence-corrected chi connectivity index (χ0v) is 21.0. The van der Waals surface area contributed by atoms with Gasteiger partial charge in [-0.05, 0) is 66.9 Å². The van der Waals surface area contributed by atoms with Crippen molar-refractivity contribution in [2.24, 2.45) is 0 Å². The summed E-state index contributed by atoms with van der Waals surface area (Å²) in [6, 6.07) is 24.5. The van der Waals surface area contributed by atoms with E-state index >= 15 is 0 Å². The Bertz CT molecular complexity index is 1200. The fourth-order valence-electron chi connectivity index (χ4n) is 4.35. The lowest BCUT2D eigenvalue weighted by molar-refractivity contribution is 0.0951. The second kappa shape index (κ2) is 11.5. The minimum absolute atomic E-state index is 0.192. The highest BCUT2D eigenvalue weighted by molar-refractivity contribution is 7.92. The predicted molar refractivity (Wildman–Crippen MR) is 141 cm³/mol. The second-order valence-corrected chi connectivity index (χ2v) is 11.0. The molecular formula is C28H33N3O3S. The minimum Gasteiger partial charge on any atom is -0.348 e. The zero-order valence-electron chi connectivity index (χ0n) is 20.2. The van der Waals surface area contributed by atoms with E-state index in [1.54, 1.807) is 24.3 Å². The molecule has 1 saturated heterocycles. The summed E-state index contributed by atoms with van der Waals surface area (Å²) in [5, 5.41) is 2.95. The third kappa shape index (κ3) is 7.16. The lowest BCUT2D eigenvalue weighted by Gasteiger charge is -2.26. The van der Waals surface area contributed by atoms with Crippen molar-refractivity contribution in [3.63, 3.8) is 0 Å². The van der Waals surface area contributed by atoms with E-state index in [1.165, 1.54) is 48.5 Å². The van der Waals surface area contributed by atoms with Gasteiger partial charge < -0.3 is 5.32 Å². The molecule has 6 nitrogen and oxygen atoms in total. The number of carbonyl (C=O) groups is 1. The summed E-state index contributed by atoms with van der Waals surface area (Å²) in [5.41, 5.74) is 4.24. The van der Waals surface area contributed by atoms with Crippen LogP contribution in [0.2, 0.25) is 0 Å². The molecule has 0 unspecified atom stereocenters. The van der Waals surface area contributed by atoms with E-state index in [9.17, 15) is 13.2 Å². The summed E-state index contributed by atoms with van der Waals surface area (Å²) in [6.07, 6.45) is 5.09. The molecule has 1 aliphatic heterocycles. The molecule has 0 saturated carbocycles. The van der Waals surface area contributed by atoms with Crippen LogP contribution in [0.15, 0.2) is 78.9 Å². The number of carbonyl (C=O) groups excluding carboxylic acids is 1. The summed E-state index contributed by atoms with van der Waals surface area (Å²) in [6.45, 7) is 4.00. The van der Waals surface area contributed by atoms with E-state index in [0.29, 0.717) is 17.8 Å². The molecule has 3 aromatic carbocycles. The minimum atomic E-state index is -3.48. The monoisotopic (exact) mass is 491 g/mol. The van der Waals surface area contributed by atoms with Crippen molar-refractivity contribution in [3.05, 3.63) is 101 Å². The van der Waals surface area contributed by atoms with Crippen molar-refractivity contribution in [3.8, 4) is 0 Å². The fraction of sp³-hybridized carbons (Fsp3) is 0.321. The first-order chi connectivity index (χ1) is 16.9. The maximum absolute atomic E-state index is 12.7. The largest absolute Gasteiger partial charge is 0.348 e. The third-order valence-electron chi connectivity index (χ3n) is 6.32. The molecule has 1 amide bonds. The van der Waals surface area contributed by atoms with E-state index < -0.39 is 10.0 Å². The van der Waals surface area contributed by atoms with Gasteiger partial charge in [0.2, 0.25) is 10.0 Å². The molecule has 7 heteroatoms. The van der Waals surface area contributed by atoms with Gasteiger partial charge in [0.05, 0.1) is 18.5 Å². The standard InChI is InChI=1S/C28H33N3O3S/c1-35(33,34)31(22-24-8-4-2-5-9-24)27-16-14-26(15-17-27)28(32)29-20-23-10-12-25(13-11-23)21-30-18-6-3-7-19-30/h2,4-5,8-17H,3,6-7,18-22H2,1H3,(H,29,32). The molecule has 1 fully saturated rings. The number of benzene rings is 3. The highest BCUT2D eigenvalue weighted by Gasteiger charge is 2.18. The smallest absolute Gasteiger partial charge is 0.251 e. The summed E-state index contributed by atoms with van der Waals surface area (Å²) in [4.78, 5) is 15.2. The molecule has 1 heterocycles. The topological polar surface area (TPSA) is 69.7 Å². The van der Waals surface area contributed by atoms with Crippen LogP contribution in [0.1, 0.15) is 46.3 Å². The van der Waals surface area contributed by atoms with Gasteiger partial charge in [0, 0.05) is 18.7 Å². The first-order valence-electron chi connectivity index (χ1n) is 12.1. The number of anilines is 1. The molecule has 0 spiro atoms. The van der Waals surface area contributed by atoms with E-state index in [2.05, 4.69) is 34.5 Å². The number of sulfonamides is 1. The lowest BCUT2D eigenvalue weighted by Crippen LogP contribution is -2.29. The highest BCUT2D eigenvalue weighted by Crippen LogP contribution is 2.21. The maximum Gasteiger partial charge on any atom is 0.251 e. The Balaban J connectivity index is 1.34. The van der Waals surface area contributed by atoms with Crippen LogP contribution in [0.25, 0.3) is 0 Å². The van der Waals surface area contributed by atoms with Crippen molar-refractivity contribution in [2.75, 3.05) is 23.7 Å². The van der Waals surface area contributed by atoms with Crippen LogP contribution in [0.3, 0.4) is 0 Å². The van der Waals surface area contributed by atoms with Crippen molar-refractivity contribution >= 4 is 21.6 Å². The summed E-state index contributed by atoms with van der Waals surface area (Å²) in [7, 11) is -3.48. The van der Waals surface area contributed by atoms with Gasteiger partial charge in [-0.2, -0.15) is 0 Å². The van der Waals surface area contributed by atoms with Gasteiger partial charge in [-0.15, -0.1) is 0 Å². The number of rotatable bonds is 9. The van der Waals surface area contributed by atoms with E-state index in [4.69, 9.17) is 0 Å². The second-order valence-electron chi connectivity index (χ2n) is 9.14. The van der Waals surface area contributed by atoms with E-state index in [1.807, 2.05) is 30.3 Å². The molecule has 0 bridgehead atoms. The molecule has 1 N–H and O–H groups in total. The van der Waals surface area contributed by atoms with Crippen LogP contribution < -0.4 is 9.62 Å². The quantitative estimate of drug-likeness (QED) is 0.476. The molecule has 1 aliphatic rings. The molecule has 0 aliphatic carbocycles. The number of nitrogens with zero attached hydrogens (tertiary/aromatic N) is 2. The molecule has 3 aromatic rings. The van der Waals surface area contributed by atoms with Gasteiger partial charge in [0.1, 0.15) is 0 Å². The Kier molecular flexibility index (Phi) is 8.21. The number of hydrogen-bond donors (Lipinski definition) is 1. The third-order valence-corrected chi connectivity index (χ3v) is 7.46. The SMILES string of the molecule is CS(=O)(=O)N(Cc1ccccc1)c1ccc(C(=O)NCc2ccc(CN3CCCCC3)cc2)cc1. The van der Waals surface area contributed by atoms with Crippen molar-refractivity contribution in [2.45, 2.75) is 38.9 Å². The van der Waals surface area contributed by atoms with Crippen molar-refractivity contribution in [1.82, 2.24) is 10.2 Å². The van der Waals surface area contributed by atoms with Crippen LogP contribution in [0, 0.1) is 0 Å². The summed E-state index contributed by atoms with van der Waals surface area (Å²) in [5.74, 6) is -0.192. The van der Waals surface area contributed by atoms with Crippen LogP contribution in [-0.2, 0) is 29.7 Å². The van der Waals surface area contributed by atoms with Gasteiger partial charge in [-0.3, -0.25) is 14.0 Å². The Labute approximate surface area is 208 Å². The normalized spacial score (nSPS) is 14.4. The summed E-state index contributed by atoms with van der Waals surface area (Å²) >= 11 is 0. The number of likely N-dealkylation sites (tertiary alicyclic amines) is 1. The highest BCUT2D eigenvalue weighted by atomic mass is 32.2. The van der Waals surface area contributed by atoms with E-state index in [-0.39, 0.29) is 12.5 Å². The lowest BCUT2D eigenvalue weighted by atomic mass is 10.1. The molecule has 184 valence electrons. The van der Waals surface area contributed by atoms with Crippen molar-refractivity contribution in [1.29, 1.82) is 0 Å². The van der Waals surface area contributed by atoms with Crippen LogP contribution in [0.5, 0.6) is 0 Å². The van der Waals surface area contributed by atoms with Crippen LogP contribution >= 0.6 is 0 Å². The molecule has 0 aromatic heterocycles. The first kappa shape index (κ1) is 24.9. The number of nitrogens with one attached hydrogen (secondary N) is 1. The zero-order chi connectivity index (χ0) is 24.7. The van der Waals surface area contributed by atoms with E-state index in [0.717, 1.165) is 17.7 Å². The van der Waals surface area contributed by atoms with Gasteiger partial charge in [-0.25, -0.2) is 8.42 Å². The maximum atomic E-state index is 12.7. The molecule has 4 rings (SSSR count). The van der Waals surface area contributed by atoms with Gasteiger partial charge in [0.15, 0.2) is 0 Å². The number of hydrogen-bond acceptors (Lipinski definition) is 4. The molecular weight excluding hydrogens is 458 g/mol. The van der Waals surface area contributed by atoms with Gasteiger partial charge in [-0.1, -0.05) is 61.0 Å². The fourth-order valence-corrected chi connectivity index (χ4v) is 5.24. The number of amides is 1. The average Bonchev–Trinajstić information content (AvgIpc) is 2.87. The average molecular weight is 492 g/mol. The Morgan fingerprint density at radius 2 is 1.46 bits per heavy atom. The Morgan fingerprint density at radius 3 is 2.09 bits per heavy atom. The Hall–Kier alpha value is -3.16. The summed E-state index contributed by atoms with van der Waals surface area (Å²) < 4.78 is 26.1. The van der Waals surface area contributed by atoms with Gasteiger partial charge in [0.25, 0.3) is 5.91 Å². The Morgan fingerprint density at radius 1 is 0.829 bits per heavy atom. The molecule has 35 heavy (non-hydrogen) atoms. The van der Waals surface area contributed by atoms with Crippen molar-refractivity contribution < 1.29 is 13.2 Å². The van der Waals surface area contributed by atoms with Gasteiger partial charge >= 0.3 is 0 Å². The molecule has 0 atom stereocenters. The number of piperidine rings is 1. The molecule has 0 radical (unpaired) electrons. The first-order valence-corrected chi connectivity index (χ1v) is 13.9. The van der Waals surface area contributed by atoms with Crippen LogP contribution in [-0.4, -0.2) is 38.6 Å². The van der Waals surface area contributed by atoms with Crippen LogP contribution in [0.4, 0.5) is 5.69 Å². The predicted octanol–water partition coefficient (Wildman–Crippen LogP) is 4.57.